The first-order chi connectivity index (χ1) is 10.4. The summed E-state index contributed by atoms with van der Waals surface area (Å²) in [4.78, 5) is 17.7. The number of nitrogens with one attached hydrogen (secondary N) is 2. The van der Waals surface area contributed by atoms with E-state index in [2.05, 4.69) is 53.4 Å². The van der Waals surface area contributed by atoms with Gasteiger partial charge in [-0.1, -0.05) is 42.0 Å². The largest absolute Gasteiger partial charge is 0.353 e. The fourth-order valence-corrected chi connectivity index (χ4v) is 1.59. The van der Waals surface area contributed by atoms with Crippen LogP contribution in [0.5, 0.6) is 0 Å². The predicted molar refractivity (Wildman–Crippen MR) is 91.8 cm³/mol. The Hall–Kier alpha value is -2.30. The van der Waals surface area contributed by atoms with Crippen LogP contribution >= 0.6 is 0 Å². The number of guanidine groups is 1. The highest BCUT2D eigenvalue weighted by molar-refractivity contribution is 5.86. The van der Waals surface area contributed by atoms with Crippen LogP contribution in [-0.4, -0.2) is 44.0 Å². The summed E-state index contributed by atoms with van der Waals surface area (Å²) in [5.74, 6) is 0.610. The molecule has 22 heavy (non-hydrogen) atoms. The number of aliphatic imine (C=N–C) groups is 1. The van der Waals surface area contributed by atoms with Crippen molar-refractivity contribution in [2.75, 3.05) is 27.2 Å². The number of carbonyl (C=O) groups excluding carboxylic acids is 1. The van der Waals surface area contributed by atoms with Crippen molar-refractivity contribution in [2.45, 2.75) is 20.4 Å². The van der Waals surface area contributed by atoms with E-state index in [1.54, 1.807) is 19.0 Å². The smallest absolute Gasteiger partial charge is 0.241 e. The lowest BCUT2D eigenvalue weighted by Gasteiger charge is -2.15. The lowest BCUT2D eigenvalue weighted by Crippen LogP contribution is -2.43. The zero-order valence-corrected chi connectivity index (χ0v) is 13.9. The van der Waals surface area contributed by atoms with Crippen LogP contribution in [0.2, 0.25) is 0 Å². The van der Waals surface area contributed by atoms with E-state index in [-0.39, 0.29) is 12.5 Å². The maximum Gasteiger partial charge on any atom is 0.241 e. The summed E-state index contributed by atoms with van der Waals surface area (Å²) in [6.45, 7) is 9.24. The maximum absolute atomic E-state index is 11.7. The van der Waals surface area contributed by atoms with Crippen LogP contribution in [0.15, 0.2) is 41.4 Å². The molecule has 0 heterocycles. The van der Waals surface area contributed by atoms with E-state index < -0.39 is 0 Å². The molecule has 2 N–H and O–H groups in total. The Morgan fingerprint density at radius 3 is 2.32 bits per heavy atom. The minimum atomic E-state index is 0.000149. The summed E-state index contributed by atoms with van der Waals surface area (Å²) in [5.41, 5.74) is 3.35. The number of likely N-dealkylation sites (N-methyl/N-ethyl adjacent to an activating group) is 1. The number of nitrogens with zero attached hydrogens (tertiary/aromatic N) is 2. The fraction of sp³-hybridized carbons (Fsp3) is 0.412. The maximum atomic E-state index is 11.7. The molecule has 0 atom stereocenters. The molecule has 0 aliphatic rings. The Balaban J connectivity index is 2.66. The average molecular weight is 302 g/mol. The van der Waals surface area contributed by atoms with Crippen LogP contribution in [0.1, 0.15) is 18.1 Å². The number of carbonyl (C=O) groups is 1. The van der Waals surface area contributed by atoms with E-state index in [4.69, 9.17) is 0 Å². The summed E-state index contributed by atoms with van der Waals surface area (Å²) in [5, 5.41) is 6.21. The van der Waals surface area contributed by atoms with Gasteiger partial charge in [0.15, 0.2) is 5.96 Å². The second-order valence-electron chi connectivity index (χ2n) is 5.60. The lowest BCUT2D eigenvalue weighted by atomic mass is 10.1. The lowest BCUT2D eigenvalue weighted by molar-refractivity contribution is -0.127. The molecule has 0 radical (unpaired) electrons. The highest BCUT2D eigenvalue weighted by atomic mass is 16.2. The minimum Gasteiger partial charge on any atom is -0.353 e. The molecule has 0 aromatic heterocycles. The molecule has 0 saturated carbocycles. The van der Waals surface area contributed by atoms with E-state index in [1.165, 1.54) is 5.56 Å². The van der Waals surface area contributed by atoms with Crippen LogP contribution in [0.3, 0.4) is 0 Å². The first-order valence-corrected chi connectivity index (χ1v) is 7.30. The number of rotatable bonds is 6. The van der Waals surface area contributed by atoms with E-state index >= 15 is 0 Å². The molecule has 0 spiro atoms. The molecule has 0 bridgehead atoms. The van der Waals surface area contributed by atoms with Gasteiger partial charge in [0.25, 0.3) is 0 Å². The van der Waals surface area contributed by atoms with Crippen molar-refractivity contribution < 1.29 is 4.79 Å². The highest BCUT2D eigenvalue weighted by Crippen LogP contribution is 2.04. The van der Waals surface area contributed by atoms with E-state index in [0.717, 1.165) is 11.1 Å². The van der Waals surface area contributed by atoms with Crippen molar-refractivity contribution >= 4 is 11.9 Å². The number of hydrogen-bond acceptors (Lipinski definition) is 2. The number of benzene rings is 1. The average Bonchev–Trinajstić information content (AvgIpc) is 2.47. The predicted octanol–water partition coefficient (Wildman–Crippen LogP) is 1.69. The summed E-state index contributed by atoms with van der Waals surface area (Å²) in [6, 6.07) is 8.24. The number of hydrogen-bond donors (Lipinski definition) is 2. The first kappa shape index (κ1) is 17.8. The van der Waals surface area contributed by atoms with Crippen LogP contribution in [0, 0.1) is 6.92 Å². The molecule has 120 valence electrons. The van der Waals surface area contributed by atoms with Gasteiger partial charge in [-0.25, -0.2) is 4.99 Å². The molecule has 5 heteroatoms. The highest BCUT2D eigenvalue weighted by Gasteiger charge is 2.05. The topological polar surface area (TPSA) is 56.7 Å². The first-order valence-electron chi connectivity index (χ1n) is 7.30. The molecule has 5 nitrogen and oxygen atoms in total. The van der Waals surface area contributed by atoms with Crippen LogP contribution in [-0.2, 0) is 11.3 Å². The van der Waals surface area contributed by atoms with Gasteiger partial charge >= 0.3 is 0 Å². The van der Waals surface area contributed by atoms with Gasteiger partial charge in [0.1, 0.15) is 0 Å². The van der Waals surface area contributed by atoms with Gasteiger partial charge in [0.05, 0.1) is 13.1 Å². The Bertz CT molecular complexity index is 532. The molecule has 0 aliphatic carbocycles. The minimum absolute atomic E-state index is 0.000149. The molecule has 1 amide bonds. The zero-order chi connectivity index (χ0) is 16.5. The van der Waals surface area contributed by atoms with Gasteiger partial charge in [-0.2, -0.15) is 0 Å². The van der Waals surface area contributed by atoms with Crippen LogP contribution in [0.25, 0.3) is 0 Å². The molecule has 0 aliphatic heterocycles. The normalized spacial score (nSPS) is 11.0. The van der Waals surface area contributed by atoms with E-state index in [0.29, 0.717) is 19.0 Å². The van der Waals surface area contributed by atoms with Crippen molar-refractivity contribution in [2.24, 2.45) is 4.99 Å². The molecular weight excluding hydrogens is 276 g/mol. The molecule has 1 aromatic carbocycles. The number of aryl methyl sites for hydroxylation is 1. The summed E-state index contributed by atoms with van der Waals surface area (Å²) in [7, 11) is 3.46. The quantitative estimate of drug-likeness (QED) is 0.478. The Labute approximate surface area is 133 Å². The Morgan fingerprint density at radius 2 is 1.77 bits per heavy atom. The third kappa shape index (κ3) is 6.92. The summed E-state index contributed by atoms with van der Waals surface area (Å²) in [6.07, 6.45) is 0. The van der Waals surface area contributed by atoms with Gasteiger partial charge in [-0.05, 0) is 19.4 Å². The molecule has 0 fully saturated rings. The molecule has 1 aromatic rings. The van der Waals surface area contributed by atoms with E-state index in [1.807, 2.05) is 6.92 Å². The Morgan fingerprint density at radius 1 is 1.18 bits per heavy atom. The summed E-state index contributed by atoms with van der Waals surface area (Å²) < 4.78 is 0. The monoisotopic (exact) mass is 302 g/mol. The van der Waals surface area contributed by atoms with Gasteiger partial charge in [0.2, 0.25) is 5.91 Å². The van der Waals surface area contributed by atoms with Gasteiger partial charge in [-0.15, -0.1) is 0 Å². The van der Waals surface area contributed by atoms with Crippen LogP contribution < -0.4 is 10.6 Å². The van der Waals surface area contributed by atoms with Crippen molar-refractivity contribution in [3.05, 3.63) is 47.5 Å². The second-order valence-corrected chi connectivity index (χ2v) is 5.60. The molecule has 0 unspecified atom stereocenters. The van der Waals surface area contributed by atoms with Crippen molar-refractivity contribution in [1.29, 1.82) is 0 Å². The molecular formula is C17H26N4O. The summed E-state index contributed by atoms with van der Waals surface area (Å²) >= 11 is 0. The molecule has 0 saturated heterocycles. The van der Waals surface area contributed by atoms with E-state index in [9.17, 15) is 4.79 Å². The van der Waals surface area contributed by atoms with Gasteiger partial charge in [-0.3, -0.25) is 4.79 Å². The van der Waals surface area contributed by atoms with Crippen molar-refractivity contribution in [3.8, 4) is 0 Å². The third-order valence-corrected chi connectivity index (χ3v) is 3.00. The fourth-order valence-electron chi connectivity index (χ4n) is 1.59. The van der Waals surface area contributed by atoms with Crippen LogP contribution in [0.4, 0.5) is 0 Å². The third-order valence-electron chi connectivity index (χ3n) is 3.00. The Kier molecular flexibility index (Phi) is 7.16. The zero-order valence-electron chi connectivity index (χ0n) is 13.9. The standard InChI is InChI=1S/C17H26N4O/c1-13(2)10-18-17(20-12-16(22)21(4)5)19-11-15-8-6-14(3)7-9-15/h6-9H,1,10-12H2,2-5H3,(H2,18,19,20). The number of amides is 1. The van der Waals surface area contributed by atoms with Gasteiger partial charge < -0.3 is 15.5 Å². The van der Waals surface area contributed by atoms with Crippen molar-refractivity contribution in [1.82, 2.24) is 15.5 Å². The second kappa shape index (κ2) is 8.87. The molecule has 1 rings (SSSR count). The van der Waals surface area contributed by atoms with Gasteiger partial charge in [0, 0.05) is 20.6 Å². The van der Waals surface area contributed by atoms with Crippen molar-refractivity contribution in [3.63, 3.8) is 0 Å². The SMILES string of the molecule is C=C(C)CNC(=NCc1ccc(C)cc1)NCC(=O)N(C)C.